The Morgan fingerprint density at radius 1 is 1.39 bits per heavy atom. The predicted octanol–water partition coefficient (Wildman–Crippen LogP) is 3.50. The van der Waals surface area contributed by atoms with Crippen LogP contribution in [0.1, 0.15) is 52.6 Å². The Morgan fingerprint density at radius 3 is 2.86 bits per heavy atom. The molecule has 0 aromatic carbocycles. The molecule has 1 unspecified atom stereocenters. The lowest BCUT2D eigenvalue weighted by atomic mass is 10.0. The zero-order valence-electron chi connectivity index (χ0n) is 15.2. The zero-order valence-corrected chi connectivity index (χ0v) is 16.0. The van der Waals surface area contributed by atoms with Crippen molar-refractivity contribution >= 4 is 28.3 Å². The number of fused-ring (bicyclic) bond motifs is 2. The molecule has 4 heterocycles. The molecule has 1 atom stereocenters. The fourth-order valence-electron chi connectivity index (χ4n) is 3.84. The topological polar surface area (TPSA) is 84.2 Å². The third-order valence-corrected chi connectivity index (χ3v) is 6.69. The van der Waals surface area contributed by atoms with Crippen LogP contribution < -0.4 is 10.7 Å². The first-order valence-corrected chi connectivity index (χ1v) is 10.1. The second kappa shape index (κ2) is 6.22. The summed E-state index contributed by atoms with van der Waals surface area (Å²) in [6, 6.07) is 3.43. The number of aromatic nitrogens is 2. The van der Waals surface area contributed by atoms with Gasteiger partial charge in [-0.1, -0.05) is 0 Å². The smallest absolute Gasteiger partial charge is 0.341 e. The lowest BCUT2D eigenvalue weighted by Crippen LogP contribution is -2.26. The Morgan fingerprint density at radius 2 is 2.18 bits per heavy atom. The normalized spacial score (nSPS) is 19.0. The van der Waals surface area contributed by atoms with Gasteiger partial charge in [-0.25, -0.2) is 14.2 Å². The maximum absolute atomic E-state index is 15.0. The molecule has 0 radical (unpaired) electrons. The summed E-state index contributed by atoms with van der Waals surface area (Å²) in [6.45, 7) is 2.97. The number of carboxylic acid groups (broad SMARTS) is 1. The molecule has 2 aliphatic rings. The van der Waals surface area contributed by atoms with Gasteiger partial charge in [0.1, 0.15) is 16.9 Å². The minimum absolute atomic E-state index is 0.0180. The molecule has 0 spiro atoms. The van der Waals surface area contributed by atoms with E-state index in [1.165, 1.54) is 22.4 Å². The Balaban J connectivity index is 1.75. The van der Waals surface area contributed by atoms with Crippen LogP contribution in [-0.2, 0) is 6.42 Å². The third-order valence-electron chi connectivity index (χ3n) is 5.47. The van der Waals surface area contributed by atoms with Crippen LogP contribution in [-0.4, -0.2) is 27.2 Å². The molecule has 2 N–H and O–H groups in total. The summed E-state index contributed by atoms with van der Waals surface area (Å²) >= 11 is 1.53. The number of carboxylic acids is 1. The standard InChI is InChI=1S/C20H18FN3O3S/c1-9-11-7-16(28-15(11)4-5-22-9)17-14(21)6-12-18(25)13(20(26)27)8-24(10-2-3-10)19(12)23-17/h6-10,22H,2-5H2,1H3,(H,26,27). The molecule has 28 heavy (non-hydrogen) atoms. The summed E-state index contributed by atoms with van der Waals surface area (Å²) in [5, 5.41) is 12.8. The molecule has 0 amide bonds. The van der Waals surface area contributed by atoms with E-state index in [1.54, 1.807) is 4.57 Å². The molecule has 3 aromatic heterocycles. The van der Waals surface area contributed by atoms with Crippen LogP contribution in [0.2, 0.25) is 0 Å². The molecule has 144 valence electrons. The number of nitrogens with one attached hydrogen (secondary N) is 1. The first-order chi connectivity index (χ1) is 13.4. The third kappa shape index (κ3) is 2.67. The predicted molar refractivity (Wildman–Crippen MR) is 105 cm³/mol. The highest BCUT2D eigenvalue weighted by Gasteiger charge is 2.29. The van der Waals surface area contributed by atoms with Crippen LogP contribution in [0, 0.1) is 5.82 Å². The van der Waals surface area contributed by atoms with Gasteiger partial charge in [-0.2, -0.15) is 0 Å². The highest BCUT2D eigenvalue weighted by molar-refractivity contribution is 7.15. The summed E-state index contributed by atoms with van der Waals surface area (Å²) < 4.78 is 16.7. The van der Waals surface area contributed by atoms with E-state index in [0.29, 0.717) is 5.65 Å². The van der Waals surface area contributed by atoms with E-state index in [4.69, 9.17) is 0 Å². The van der Waals surface area contributed by atoms with Gasteiger partial charge in [0.2, 0.25) is 5.43 Å². The molecule has 1 aliphatic heterocycles. The number of nitrogens with zero attached hydrogens (tertiary/aromatic N) is 2. The zero-order chi connectivity index (χ0) is 19.6. The highest BCUT2D eigenvalue weighted by atomic mass is 32.1. The monoisotopic (exact) mass is 399 g/mol. The van der Waals surface area contributed by atoms with Crippen LogP contribution in [0.4, 0.5) is 4.39 Å². The van der Waals surface area contributed by atoms with Gasteiger partial charge in [0, 0.05) is 29.7 Å². The largest absolute Gasteiger partial charge is 0.477 e. The summed E-state index contributed by atoms with van der Waals surface area (Å²) in [6.07, 6.45) is 4.03. The fraction of sp³-hybridized carbons (Fsp3) is 0.350. The first-order valence-electron chi connectivity index (χ1n) is 9.29. The minimum atomic E-state index is -1.31. The van der Waals surface area contributed by atoms with Gasteiger partial charge in [-0.05, 0) is 43.9 Å². The summed E-state index contributed by atoms with van der Waals surface area (Å²) in [7, 11) is 0. The molecule has 1 saturated carbocycles. The van der Waals surface area contributed by atoms with Crippen molar-refractivity contribution in [3.8, 4) is 10.6 Å². The van der Waals surface area contributed by atoms with Gasteiger partial charge >= 0.3 is 5.97 Å². The van der Waals surface area contributed by atoms with E-state index in [0.717, 1.165) is 42.3 Å². The second-order valence-electron chi connectivity index (χ2n) is 7.42. The van der Waals surface area contributed by atoms with E-state index in [-0.39, 0.29) is 28.7 Å². The summed E-state index contributed by atoms with van der Waals surface area (Å²) in [4.78, 5) is 30.5. The van der Waals surface area contributed by atoms with Crippen molar-refractivity contribution < 1.29 is 14.3 Å². The van der Waals surface area contributed by atoms with Gasteiger partial charge in [0.25, 0.3) is 0 Å². The first kappa shape index (κ1) is 17.5. The fourth-order valence-corrected chi connectivity index (χ4v) is 5.09. The maximum atomic E-state index is 15.0. The van der Waals surface area contributed by atoms with E-state index < -0.39 is 17.2 Å². The van der Waals surface area contributed by atoms with Gasteiger partial charge in [-0.3, -0.25) is 4.79 Å². The second-order valence-corrected chi connectivity index (χ2v) is 8.56. The molecule has 0 bridgehead atoms. The Bertz CT molecular complexity index is 1200. The number of hydrogen-bond acceptors (Lipinski definition) is 5. The van der Waals surface area contributed by atoms with Crippen LogP contribution in [0.15, 0.2) is 23.1 Å². The lowest BCUT2D eigenvalue weighted by Gasteiger charge is -2.19. The van der Waals surface area contributed by atoms with Crippen molar-refractivity contribution in [3.05, 3.63) is 50.4 Å². The number of aromatic carboxylic acids is 1. The summed E-state index contributed by atoms with van der Waals surface area (Å²) in [5.74, 6) is -1.91. The van der Waals surface area contributed by atoms with Gasteiger partial charge in [0.15, 0.2) is 5.82 Å². The number of thiophene rings is 1. The molecule has 0 saturated heterocycles. The lowest BCUT2D eigenvalue weighted by molar-refractivity contribution is 0.0695. The quantitative estimate of drug-likeness (QED) is 0.704. The average molecular weight is 399 g/mol. The number of rotatable bonds is 3. The average Bonchev–Trinajstić information content (AvgIpc) is 3.40. The van der Waals surface area contributed by atoms with Crippen molar-refractivity contribution in [1.29, 1.82) is 0 Å². The molecule has 1 fully saturated rings. The van der Waals surface area contributed by atoms with Crippen LogP contribution in [0.3, 0.4) is 0 Å². The molecule has 6 nitrogen and oxygen atoms in total. The van der Waals surface area contributed by atoms with Crippen LogP contribution in [0.25, 0.3) is 21.6 Å². The molecule has 1 aliphatic carbocycles. The van der Waals surface area contributed by atoms with E-state index in [1.807, 2.05) is 6.07 Å². The van der Waals surface area contributed by atoms with Crippen molar-refractivity contribution in [2.24, 2.45) is 0 Å². The molecular weight excluding hydrogens is 381 g/mol. The molecular formula is C20H18FN3O3S. The maximum Gasteiger partial charge on any atom is 0.341 e. The van der Waals surface area contributed by atoms with E-state index >= 15 is 0 Å². The van der Waals surface area contributed by atoms with E-state index in [2.05, 4.69) is 17.2 Å². The Kier molecular flexibility index (Phi) is 3.89. The van der Waals surface area contributed by atoms with Crippen molar-refractivity contribution in [3.63, 3.8) is 0 Å². The SMILES string of the molecule is CC1NCCc2sc(-c3nc4c(cc3F)c(=O)c(C(=O)O)cn4C3CC3)cc21. The summed E-state index contributed by atoms with van der Waals surface area (Å²) in [5.41, 5.74) is 0.691. The highest BCUT2D eigenvalue weighted by Crippen LogP contribution is 2.39. The van der Waals surface area contributed by atoms with E-state index in [9.17, 15) is 19.1 Å². The number of pyridine rings is 2. The molecule has 8 heteroatoms. The number of halogens is 1. The Labute approximate surface area is 163 Å². The van der Waals surface area contributed by atoms with Crippen molar-refractivity contribution in [1.82, 2.24) is 14.9 Å². The molecule has 3 aromatic rings. The van der Waals surface area contributed by atoms with Crippen molar-refractivity contribution in [2.75, 3.05) is 6.54 Å². The number of carbonyl (C=O) groups is 1. The molecule has 5 rings (SSSR count). The minimum Gasteiger partial charge on any atom is -0.477 e. The van der Waals surface area contributed by atoms with Gasteiger partial charge in [0.05, 0.1) is 10.3 Å². The van der Waals surface area contributed by atoms with Crippen LogP contribution >= 0.6 is 11.3 Å². The number of hydrogen-bond donors (Lipinski definition) is 2. The van der Waals surface area contributed by atoms with Gasteiger partial charge in [-0.15, -0.1) is 11.3 Å². The Hall–Kier alpha value is -2.58. The van der Waals surface area contributed by atoms with Crippen LogP contribution in [0.5, 0.6) is 0 Å². The van der Waals surface area contributed by atoms with Gasteiger partial charge < -0.3 is 15.0 Å². The van der Waals surface area contributed by atoms with Crippen molar-refractivity contribution in [2.45, 2.75) is 38.3 Å².